The Hall–Kier alpha value is -0.700. The number of anilines is 2. The SMILES string of the molecule is CC1CCC(Nc2cc(Br)ccc2N)CC1. The van der Waals surface area contributed by atoms with Gasteiger partial charge in [-0.15, -0.1) is 0 Å². The van der Waals surface area contributed by atoms with Crippen LogP contribution in [0.1, 0.15) is 32.6 Å². The van der Waals surface area contributed by atoms with E-state index >= 15 is 0 Å². The van der Waals surface area contributed by atoms with Gasteiger partial charge >= 0.3 is 0 Å². The Morgan fingerprint density at radius 3 is 2.62 bits per heavy atom. The van der Waals surface area contributed by atoms with E-state index in [1.54, 1.807) is 0 Å². The summed E-state index contributed by atoms with van der Waals surface area (Å²) in [7, 11) is 0. The van der Waals surface area contributed by atoms with E-state index in [1.165, 1.54) is 25.7 Å². The maximum Gasteiger partial charge on any atom is 0.0587 e. The van der Waals surface area contributed by atoms with Gasteiger partial charge in [-0.3, -0.25) is 0 Å². The molecule has 0 heterocycles. The number of nitrogen functional groups attached to an aromatic ring is 1. The molecule has 16 heavy (non-hydrogen) atoms. The van der Waals surface area contributed by atoms with E-state index in [0.717, 1.165) is 21.8 Å². The summed E-state index contributed by atoms with van der Waals surface area (Å²) in [6.45, 7) is 2.34. The van der Waals surface area contributed by atoms with Crippen LogP contribution in [0.5, 0.6) is 0 Å². The number of benzene rings is 1. The average Bonchev–Trinajstić information content (AvgIpc) is 2.27. The first kappa shape index (κ1) is 11.8. The molecule has 1 aromatic carbocycles. The van der Waals surface area contributed by atoms with E-state index in [-0.39, 0.29) is 0 Å². The standard InChI is InChI=1S/C13H19BrN2/c1-9-2-5-11(6-3-9)16-13-8-10(14)4-7-12(13)15/h4,7-9,11,16H,2-3,5-6,15H2,1H3. The zero-order valence-corrected chi connectivity index (χ0v) is 11.3. The lowest BCUT2D eigenvalue weighted by Crippen LogP contribution is -2.25. The fourth-order valence-electron chi connectivity index (χ4n) is 2.28. The molecule has 1 aromatic rings. The number of nitrogens with one attached hydrogen (secondary N) is 1. The second-order valence-corrected chi connectivity index (χ2v) is 5.75. The summed E-state index contributed by atoms with van der Waals surface area (Å²) in [5, 5.41) is 3.56. The van der Waals surface area contributed by atoms with Crippen LogP contribution in [0.3, 0.4) is 0 Å². The van der Waals surface area contributed by atoms with Crippen LogP contribution in [0.15, 0.2) is 22.7 Å². The molecule has 3 heteroatoms. The predicted molar refractivity (Wildman–Crippen MR) is 73.6 cm³/mol. The maximum absolute atomic E-state index is 5.95. The molecular formula is C13H19BrN2. The average molecular weight is 283 g/mol. The van der Waals surface area contributed by atoms with Gasteiger partial charge in [-0.25, -0.2) is 0 Å². The zero-order valence-electron chi connectivity index (χ0n) is 9.67. The third-order valence-electron chi connectivity index (χ3n) is 3.39. The van der Waals surface area contributed by atoms with Gasteiger partial charge in [0.25, 0.3) is 0 Å². The lowest BCUT2D eigenvalue weighted by molar-refractivity contribution is 0.361. The Labute approximate surface area is 106 Å². The molecular weight excluding hydrogens is 264 g/mol. The molecule has 1 fully saturated rings. The zero-order chi connectivity index (χ0) is 11.5. The van der Waals surface area contributed by atoms with Gasteiger partial charge in [-0.2, -0.15) is 0 Å². The quantitative estimate of drug-likeness (QED) is 0.804. The van der Waals surface area contributed by atoms with E-state index in [0.29, 0.717) is 6.04 Å². The van der Waals surface area contributed by atoms with Gasteiger partial charge < -0.3 is 11.1 Å². The van der Waals surface area contributed by atoms with Crippen LogP contribution >= 0.6 is 15.9 Å². The van der Waals surface area contributed by atoms with Crippen molar-refractivity contribution in [1.29, 1.82) is 0 Å². The van der Waals surface area contributed by atoms with Crippen LogP contribution in [-0.4, -0.2) is 6.04 Å². The Kier molecular flexibility index (Phi) is 3.74. The predicted octanol–water partition coefficient (Wildman–Crippen LogP) is 4.02. The maximum atomic E-state index is 5.95. The normalized spacial score (nSPS) is 25.4. The minimum atomic E-state index is 0.591. The number of rotatable bonds is 2. The van der Waals surface area contributed by atoms with Crippen LogP contribution in [0.25, 0.3) is 0 Å². The Balaban J connectivity index is 2.00. The van der Waals surface area contributed by atoms with Crippen LogP contribution in [0.4, 0.5) is 11.4 Å². The Morgan fingerprint density at radius 2 is 1.94 bits per heavy atom. The first-order chi connectivity index (χ1) is 7.65. The molecule has 0 bridgehead atoms. The highest BCUT2D eigenvalue weighted by Gasteiger charge is 2.18. The molecule has 0 unspecified atom stereocenters. The van der Waals surface area contributed by atoms with Gasteiger partial charge in [0.05, 0.1) is 11.4 Å². The van der Waals surface area contributed by atoms with E-state index in [9.17, 15) is 0 Å². The van der Waals surface area contributed by atoms with Gasteiger partial charge in [0, 0.05) is 10.5 Å². The largest absolute Gasteiger partial charge is 0.397 e. The minimum Gasteiger partial charge on any atom is -0.397 e. The summed E-state index contributed by atoms with van der Waals surface area (Å²) in [4.78, 5) is 0. The minimum absolute atomic E-state index is 0.591. The molecule has 0 spiro atoms. The highest BCUT2D eigenvalue weighted by molar-refractivity contribution is 9.10. The molecule has 1 saturated carbocycles. The molecule has 0 aromatic heterocycles. The molecule has 0 radical (unpaired) electrons. The number of hydrogen-bond acceptors (Lipinski definition) is 2. The molecule has 0 aliphatic heterocycles. The van der Waals surface area contributed by atoms with E-state index < -0.39 is 0 Å². The van der Waals surface area contributed by atoms with E-state index in [2.05, 4.69) is 34.2 Å². The molecule has 3 N–H and O–H groups in total. The van der Waals surface area contributed by atoms with Crippen molar-refractivity contribution >= 4 is 27.3 Å². The topological polar surface area (TPSA) is 38.0 Å². The summed E-state index contributed by atoms with van der Waals surface area (Å²) in [5.41, 5.74) is 7.85. The first-order valence-electron chi connectivity index (χ1n) is 5.96. The molecule has 1 aliphatic carbocycles. The fraction of sp³-hybridized carbons (Fsp3) is 0.538. The number of hydrogen-bond donors (Lipinski definition) is 2. The van der Waals surface area contributed by atoms with Crippen LogP contribution in [-0.2, 0) is 0 Å². The van der Waals surface area contributed by atoms with Crippen LogP contribution in [0, 0.1) is 5.92 Å². The summed E-state index contributed by atoms with van der Waals surface area (Å²) >= 11 is 3.48. The van der Waals surface area contributed by atoms with Crippen LogP contribution in [0.2, 0.25) is 0 Å². The highest BCUT2D eigenvalue weighted by atomic mass is 79.9. The van der Waals surface area contributed by atoms with Crippen molar-refractivity contribution in [3.8, 4) is 0 Å². The lowest BCUT2D eigenvalue weighted by Gasteiger charge is -2.28. The van der Waals surface area contributed by atoms with Gasteiger partial charge in [-0.1, -0.05) is 22.9 Å². The van der Waals surface area contributed by atoms with Crippen molar-refractivity contribution in [1.82, 2.24) is 0 Å². The Morgan fingerprint density at radius 1 is 1.25 bits per heavy atom. The van der Waals surface area contributed by atoms with Gasteiger partial charge in [0.1, 0.15) is 0 Å². The second kappa shape index (κ2) is 5.09. The van der Waals surface area contributed by atoms with Gasteiger partial charge in [0.2, 0.25) is 0 Å². The summed E-state index contributed by atoms with van der Waals surface area (Å²) in [5.74, 6) is 0.887. The lowest BCUT2D eigenvalue weighted by atomic mass is 9.87. The van der Waals surface area contributed by atoms with Crippen LogP contribution < -0.4 is 11.1 Å². The summed E-state index contributed by atoms with van der Waals surface area (Å²) in [6.07, 6.45) is 5.16. The molecule has 2 rings (SSSR count). The van der Waals surface area contributed by atoms with Crippen molar-refractivity contribution in [3.05, 3.63) is 22.7 Å². The smallest absolute Gasteiger partial charge is 0.0587 e. The van der Waals surface area contributed by atoms with Gasteiger partial charge in [0.15, 0.2) is 0 Å². The second-order valence-electron chi connectivity index (χ2n) is 4.83. The van der Waals surface area contributed by atoms with Crippen molar-refractivity contribution in [3.63, 3.8) is 0 Å². The number of nitrogens with two attached hydrogens (primary N) is 1. The van der Waals surface area contributed by atoms with Crippen molar-refractivity contribution < 1.29 is 0 Å². The number of halogens is 1. The highest BCUT2D eigenvalue weighted by Crippen LogP contribution is 2.29. The van der Waals surface area contributed by atoms with Crippen molar-refractivity contribution in [2.45, 2.75) is 38.6 Å². The molecule has 0 atom stereocenters. The van der Waals surface area contributed by atoms with E-state index in [4.69, 9.17) is 5.73 Å². The third kappa shape index (κ3) is 2.91. The molecule has 2 nitrogen and oxygen atoms in total. The summed E-state index contributed by atoms with van der Waals surface area (Å²) < 4.78 is 1.08. The Bertz CT molecular complexity index is 357. The molecule has 0 amide bonds. The first-order valence-corrected chi connectivity index (χ1v) is 6.76. The monoisotopic (exact) mass is 282 g/mol. The van der Waals surface area contributed by atoms with Crippen molar-refractivity contribution in [2.24, 2.45) is 5.92 Å². The molecule has 1 aliphatic rings. The fourth-order valence-corrected chi connectivity index (χ4v) is 2.64. The van der Waals surface area contributed by atoms with E-state index in [1.807, 2.05) is 12.1 Å². The molecule has 88 valence electrons. The summed E-state index contributed by atoms with van der Waals surface area (Å²) in [6, 6.07) is 6.57. The molecule has 0 saturated heterocycles. The third-order valence-corrected chi connectivity index (χ3v) is 3.88. The van der Waals surface area contributed by atoms with Crippen molar-refractivity contribution in [2.75, 3.05) is 11.1 Å². The van der Waals surface area contributed by atoms with Gasteiger partial charge in [-0.05, 0) is 49.8 Å².